The zero-order chi connectivity index (χ0) is 17.4. The van der Waals surface area contributed by atoms with Crippen molar-refractivity contribution in [2.24, 2.45) is 5.10 Å². The molecule has 0 atom stereocenters. The van der Waals surface area contributed by atoms with Crippen LogP contribution in [0.3, 0.4) is 0 Å². The first-order valence-corrected chi connectivity index (χ1v) is 7.53. The fourth-order valence-electron chi connectivity index (χ4n) is 2.01. The number of carbonyl (C=O) groups excluding carboxylic acids is 2. The summed E-state index contributed by atoms with van der Waals surface area (Å²) in [5.41, 5.74) is 4.32. The number of hydrazone groups is 1. The van der Waals surface area contributed by atoms with E-state index in [2.05, 4.69) is 15.8 Å². The number of ether oxygens (including phenoxy) is 1. The lowest BCUT2D eigenvalue weighted by Gasteiger charge is -2.06. The van der Waals surface area contributed by atoms with E-state index in [1.165, 1.54) is 13.1 Å². The summed E-state index contributed by atoms with van der Waals surface area (Å²) >= 11 is 0. The summed E-state index contributed by atoms with van der Waals surface area (Å²) in [7, 11) is 0. The molecule has 0 spiro atoms. The average Bonchev–Trinajstić information content (AvgIpc) is 2.56. The van der Waals surface area contributed by atoms with Gasteiger partial charge in [-0.2, -0.15) is 5.10 Å². The van der Waals surface area contributed by atoms with E-state index in [1.54, 1.807) is 24.3 Å². The highest BCUT2D eigenvalue weighted by Crippen LogP contribution is 2.15. The van der Waals surface area contributed by atoms with E-state index >= 15 is 0 Å². The minimum absolute atomic E-state index is 0.162. The zero-order valence-corrected chi connectivity index (χ0v) is 13.6. The number of rotatable bonds is 6. The van der Waals surface area contributed by atoms with Crippen molar-refractivity contribution >= 4 is 23.7 Å². The third kappa shape index (κ3) is 4.95. The molecule has 0 bridgehead atoms. The van der Waals surface area contributed by atoms with Crippen LogP contribution in [-0.4, -0.2) is 24.6 Å². The number of nitrogens with one attached hydrogen (secondary N) is 2. The molecule has 0 unspecified atom stereocenters. The van der Waals surface area contributed by atoms with Gasteiger partial charge in [-0.25, -0.2) is 5.43 Å². The largest absolute Gasteiger partial charge is 0.493 e. The molecule has 0 radical (unpaired) electrons. The number of amides is 2. The van der Waals surface area contributed by atoms with Gasteiger partial charge in [-0.15, -0.1) is 0 Å². The predicted octanol–water partition coefficient (Wildman–Crippen LogP) is 2.81. The Morgan fingerprint density at radius 2 is 1.83 bits per heavy atom. The third-order valence-electron chi connectivity index (χ3n) is 3.06. The Balaban J connectivity index is 1.99. The highest BCUT2D eigenvalue weighted by atomic mass is 16.5. The molecule has 0 saturated carbocycles. The minimum atomic E-state index is -0.338. The van der Waals surface area contributed by atoms with Crippen LogP contribution < -0.4 is 15.5 Å². The van der Waals surface area contributed by atoms with Crippen molar-refractivity contribution in [1.29, 1.82) is 0 Å². The minimum Gasteiger partial charge on any atom is -0.493 e. The Hall–Kier alpha value is -3.15. The topological polar surface area (TPSA) is 79.8 Å². The number of nitrogens with zero attached hydrogens (tertiary/aromatic N) is 1. The fraction of sp³-hybridized carbons (Fsp3) is 0.167. The standard InChI is InChI=1S/C18H19N3O3/c1-3-24-17-7-5-4-6-15(17)12-19-21-18(23)14-8-10-16(11-9-14)20-13(2)22/h4-12H,3H2,1-2H3,(H,20,22)(H,21,23)/b19-12+. The Kier molecular flexibility index (Phi) is 6.08. The van der Waals surface area contributed by atoms with Gasteiger partial charge in [0.15, 0.2) is 0 Å². The molecule has 124 valence electrons. The normalized spacial score (nSPS) is 10.4. The van der Waals surface area contributed by atoms with Crippen LogP contribution in [-0.2, 0) is 4.79 Å². The molecule has 2 aromatic rings. The van der Waals surface area contributed by atoms with Crippen molar-refractivity contribution in [2.75, 3.05) is 11.9 Å². The van der Waals surface area contributed by atoms with Gasteiger partial charge < -0.3 is 10.1 Å². The van der Waals surface area contributed by atoms with Gasteiger partial charge in [0.05, 0.1) is 12.8 Å². The van der Waals surface area contributed by atoms with Crippen LogP contribution in [0.5, 0.6) is 5.75 Å². The van der Waals surface area contributed by atoms with E-state index in [0.29, 0.717) is 23.6 Å². The summed E-state index contributed by atoms with van der Waals surface area (Å²) in [4.78, 5) is 23.0. The first-order chi connectivity index (χ1) is 11.6. The molecular formula is C18H19N3O3. The van der Waals surface area contributed by atoms with Crippen molar-refractivity contribution < 1.29 is 14.3 Å². The van der Waals surface area contributed by atoms with Crippen LogP contribution in [0.15, 0.2) is 53.6 Å². The van der Waals surface area contributed by atoms with Crippen molar-refractivity contribution in [1.82, 2.24) is 5.43 Å². The van der Waals surface area contributed by atoms with E-state index in [1.807, 2.05) is 31.2 Å². The quantitative estimate of drug-likeness (QED) is 0.633. The monoisotopic (exact) mass is 325 g/mol. The first kappa shape index (κ1) is 17.2. The van der Waals surface area contributed by atoms with Gasteiger partial charge in [-0.1, -0.05) is 12.1 Å². The third-order valence-corrected chi connectivity index (χ3v) is 3.06. The molecule has 24 heavy (non-hydrogen) atoms. The molecule has 0 aromatic heterocycles. The van der Waals surface area contributed by atoms with Gasteiger partial charge in [0.2, 0.25) is 5.91 Å². The van der Waals surface area contributed by atoms with Crippen molar-refractivity contribution in [3.63, 3.8) is 0 Å². The highest BCUT2D eigenvalue weighted by molar-refractivity contribution is 5.96. The smallest absolute Gasteiger partial charge is 0.271 e. The molecule has 2 amide bonds. The molecule has 0 aliphatic heterocycles. The molecule has 0 aliphatic carbocycles. The van der Waals surface area contributed by atoms with Crippen molar-refractivity contribution in [2.45, 2.75) is 13.8 Å². The van der Waals surface area contributed by atoms with E-state index < -0.39 is 0 Å². The number of para-hydroxylation sites is 1. The Bertz CT molecular complexity index is 739. The van der Waals surface area contributed by atoms with Gasteiger partial charge in [0, 0.05) is 23.7 Å². The molecule has 0 aliphatic rings. The van der Waals surface area contributed by atoms with Crippen LogP contribution in [0, 0.1) is 0 Å². The average molecular weight is 325 g/mol. The van der Waals surface area contributed by atoms with E-state index in [0.717, 1.165) is 5.56 Å². The second-order valence-electron chi connectivity index (χ2n) is 4.93. The molecule has 2 rings (SSSR count). The van der Waals surface area contributed by atoms with Crippen molar-refractivity contribution in [3.05, 3.63) is 59.7 Å². The predicted molar refractivity (Wildman–Crippen MR) is 93.4 cm³/mol. The lowest BCUT2D eigenvalue weighted by Crippen LogP contribution is -2.17. The van der Waals surface area contributed by atoms with Crippen LogP contribution in [0.25, 0.3) is 0 Å². The van der Waals surface area contributed by atoms with Gasteiger partial charge in [-0.3, -0.25) is 9.59 Å². The second kappa shape index (κ2) is 8.47. The number of benzene rings is 2. The van der Waals surface area contributed by atoms with Crippen LogP contribution >= 0.6 is 0 Å². The molecule has 0 heterocycles. The van der Waals surface area contributed by atoms with E-state index in [4.69, 9.17) is 4.74 Å². The summed E-state index contributed by atoms with van der Waals surface area (Å²) < 4.78 is 5.49. The molecule has 6 nitrogen and oxygen atoms in total. The summed E-state index contributed by atoms with van der Waals surface area (Å²) in [6, 6.07) is 14.0. The maximum absolute atomic E-state index is 12.0. The van der Waals surface area contributed by atoms with Crippen LogP contribution in [0.1, 0.15) is 29.8 Å². The summed E-state index contributed by atoms with van der Waals surface area (Å²) in [5.74, 6) is 0.206. The molecule has 0 fully saturated rings. The van der Waals surface area contributed by atoms with Crippen LogP contribution in [0.4, 0.5) is 5.69 Å². The molecule has 2 N–H and O–H groups in total. The van der Waals surface area contributed by atoms with Gasteiger partial charge in [-0.05, 0) is 43.3 Å². The van der Waals surface area contributed by atoms with E-state index in [-0.39, 0.29) is 11.8 Å². The van der Waals surface area contributed by atoms with Gasteiger partial charge >= 0.3 is 0 Å². The first-order valence-electron chi connectivity index (χ1n) is 7.53. The Labute approximate surface area is 140 Å². The zero-order valence-electron chi connectivity index (χ0n) is 13.6. The van der Waals surface area contributed by atoms with Crippen LogP contribution in [0.2, 0.25) is 0 Å². The Morgan fingerprint density at radius 1 is 1.12 bits per heavy atom. The summed E-state index contributed by atoms with van der Waals surface area (Å²) in [5, 5.41) is 6.60. The second-order valence-corrected chi connectivity index (χ2v) is 4.93. The van der Waals surface area contributed by atoms with E-state index in [9.17, 15) is 9.59 Å². The van der Waals surface area contributed by atoms with Crippen molar-refractivity contribution in [3.8, 4) is 5.75 Å². The number of hydrogen-bond donors (Lipinski definition) is 2. The molecule has 0 saturated heterocycles. The summed E-state index contributed by atoms with van der Waals surface area (Å²) in [6.45, 7) is 3.88. The molecular weight excluding hydrogens is 306 g/mol. The number of anilines is 1. The lowest BCUT2D eigenvalue weighted by molar-refractivity contribution is -0.114. The maximum atomic E-state index is 12.0. The number of carbonyl (C=O) groups is 2. The summed E-state index contributed by atoms with van der Waals surface area (Å²) in [6.07, 6.45) is 1.54. The number of hydrogen-bond acceptors (Lipinski definition) is 4. The maximum Gasteiger partial charge on any atom is 0.271 e. The Morgan fingerprint density at radius 3 is 2.50 bits per heavy atom. The van der Waals surface area contributed by atoms with Gasteiger partial charge in [0.25, 0.3) is 5.91 Å². The SMILES string of the molecule is CCOc1ccccc1/C=N/NC(=O)c1ccc(NC(C)=O)cc1. The highest BCUT2D eigenvalue weighted by Gasteiger charge is 2.05. The molecule has 2 aromatic carbocycles. The van der Waals surface area contributed by atoms with Gasteiger partial charge in [0.1, 0.15) is 5.75 Å². The fourth-order valence-corrected chi connectivity index (χ4v) is 2.01. The molecule has 6 heteroatoms. The lowest BCUT2D eigenvalue weighted by atomic mass is 10.2.